The molecule has 0 bridgehead atoms. The molecule has 1 heterocycles. The number of amides is 1. The van der Waals surface area contributed by atoms with E-state index in [0.717, 1.165) is 13.1 Å². The van der Waals surface area contributed by atoms with Crippen LogP contribution in [0.3, 0.4) is 0 Å². The summed E-state index contributed by atoms with van der Waals surface area (Å²) in [5.41, 5.74) is -0.155. The van der Waals surface area contributed by atoms with Crippen LogP contribution in [0.1, 0.15) is 56.3 Å². The van der Waals surface area contributed by atoms with Crippen molar-refractivity contribution in [2.24, 2.45) is 5.41 Å². The smallest absolute Gasteiger partial charge is 0.228 e. The molecule has 1 atom stereocenters. The molecule has 2 aliphatic carbocycles. The number of carbonyl (C=O) groups is 3. The van der Waals surface area contributed by atoms with E-state index < -0.39 is 17.0 Å². The van der Waals surface area contributed by atoms with E-state index >= 15 is 0 Å². The number of hydrogen-bond donors (Lipinski definition) is 3. The van der Waals surface area contributed by atoms with Gasteiger partial charge in [0.2, 0.25) is 11.7 Å². The van der Waals surface area contributed by atoms with Crippen molar-refractivity contribution in [3.8, 4) is 17.2 Å². The fourth-order valence-electron chi connectivity index (χ4n) is 5.42. The van der Waals surface area contributed by atoms with Gasteiger partial charge in [0.25, 0.3) is 0 Å². The summed E-state index contributed by atoms with van der Waals surface area (Å²) in [5, 5.41) is 25.6. The second-order valence-electron chi connectivity index (χ2n) is 9.23. The molecule has 0 aromatic heterocycles. The number of piperazine rings is 1. The predicted molar refractivity (Wildman–Crippen MR) is 119 cm³/mol. The standard InChI is InChI=1S/C25H26N2O6/c1-25(24(32)27-10-8-26-9-11-27)7-6-13-15(12-25)22(30)18-19(20(13)28)23(31)17-14(21(18)29)4-3-5-16(17)33-2/h3-5,26,28,30H,6-12H2,1-2H3/t25-/m0/s1. The molecule has 3 N–H and O–H groups in total. The highest BCUT2D eigenvalue weighted by Gasteiger charge is 2.45. The molecule has 5 rings (SSSR count). The molecule has 0 saturated carbocycles. The monoisotopic (exact) mass is 450 g/mol. The molecule has 3 aliphatic rings. The van der Waals surface area contributed by atoms with Gasteiger partial charge in [-0.25, -0.2) is 0 Å². The number of carbonyl (C=O) groups excluding carboxylic acids is 3. The Morgan fingerprint density at radius 1 is 1.03 bits per heavy atom. The maximum atomic E-state index is 13.4. The van der Waals surface area contributed by atoms with Crippen LogP contribution in [-0.2, 0) is 17.6 Å². The van der Waals surface area contributed by atoms with E-state index in [0.29, 0.717) is 37.1 Å². The molecular weight excluding hydrogens is 424 g/mol. The third-order valence-electron chi connectivity index (χ3n) is 7.25. The van der Waals surface area contributed by atoms with Crippen molar-refractivity contribution in [2.75, 3.05) is 33.3 Å². The first kappa shape index (κ1) is 21.5. The van der Waals surface area contributed by atoms with E-state index in [9.17, 15) is 24.6 Å². The maximum absolute atomic E-state index is 13.4. The fourth-order valence-corrected chi connectivity index (χ4v) is 5.42. The molecule has 1 saturated heterocycles. The van der Waals surface area contributed by atoms with Crippen LogP contribution in [0.15, 0.2) is 18.2 Å². The Morgan fingerprint density at radius 3 is 2.39 bits per heavy atom. The molecule has 1 fully saturated rings. The van der Waals surface area contributed by atoms with Gasteiger partial charge in [-0.05, 0) is 25.3 Å². The van der Waals surface area contributed by atoms with Gasteiger partial charge in [0, 0.05) is 42.9 Å². The number of phenols is 2. The average molecular weight is 450 g/mol. The molecule has 0 radical (unpaired) electrons. The minimum atomic E-state index is -0.772. The minimum absolute atomic E-state index is 0.00347. The lowest BCUT2D eigenvalue weighted by molar-refractivity contribution is -0.142. The fraction of sp³-hybridized carbons (Fsp3) is 0.400. The van der Waals surface area contributed by atoms with Gasteiger partial charge in [-0.3, -0.25) is 14.4 Å². The molecule has 8 heteroatoms. The highest BCUT2D eigenvalue weighted by molar-refractivity contribution is 6.31. The molecule has 2 aromatic carbocycles. The number of phenolic OH excluding ortho intramolecular Hbond substituents is 2. The van der Waals surface area contributed by atoms with Crippen LogP contribution >= 0.6 is 0 Å². The summed E-state index contributed by atoms with van der Waals surface area (Å²) in [5.74, 6) is -1.47. The summed E-state index contributed by atoms with van der Waals surface area (Å²) in [6.45, 7) is 4.57. The van der Waals surface area contributed by atoms with Crippen LogP contribution in [0.25, 0.3) is 0 Å². The van der Waals surface area contributed by atoms with Crippen LogP contribution in [0, 0.1) is 5.41 Å². The van der Waals surface area contributed by atoms with Crippen molar-refractivity contribution in [1.82, 2.24) is 10.2 Å². The van der Waals surface area contributed by atoms with Crippen LogP contribution in [0.2, 0.25) is 0 Å². The van der Waals surface area contributed by atoms with Gasteiger partial charge < -0.3 is 25.2 Å². The minimum Gasteiger partial charge on any atom is -0.507 e. The molecule has 8 nitrogen and oxygen atoms in total. The Hall–Kier alpha value is -3.39. The van der Waals surface area contributed by atoms with E-state index in [1.807, 2.05) is 11.8 Å². The summed E-state index contributed by atoms with van der Waals surface area (Å²) in [7, 11) is 1.41. The van der Waals surface area contributed by atoms with Gasteiger partial charge in [0.1, 0.15) is 17.2 Å². The number of hydrogen-bond acceptors (Lipinski definition) is 7. The van der Waals surface area contributed by atoms with Gasteiger partial charge in [-0.1, -0.05) is 19.1 Å². The van der Waals surface area contributed by atoms with Crippen molar-refractivity contribution < 1.29 is 29.3 Å². The first-order valence-electron chi connectivity index (χ1n) is 11.1. The first-order chi connectivity index (χ1) is 15.8. The lowest BCUT2D eigenvalue weighted by atomic mass is 9.69. The zero-order valence-electron chi connectivity index (χ0n) is 18.7. The number of fused-ring (bicyclic) bond motifs is 3. The molecule has 33 heavy (non-hydrogen) atoms. The summed E-state index contributed by atoms with van der Waals surface area (Å²) < 4.78 is 5.28. The van der Waals surface area contributed by atoms with E-state index in [1.165, 1.54) is 13.2 Å². The van der Waals surface area contributed by atoms with Crippen LogP contribution in [-0.4, -0.2) is 65.9 Å². The second-order valence-corrected chi connectivity index (χ2v) is 9.23. The quantitative estimate of drug-likeness (QED) is 0.510. The third-order valence-corrected chi connectivity index (χ3v) is 7.25. The number of nitrogens with one attached hydrogen (secondary N) is 1. The van der Waals surface area contributed by atoms with Crippen molar-refractivity contribution in [3.63, 3.8) is 0 Å². The van der Waals surface area contributed by atoms with E-state index in [2.05, 4.69) is 5.32 Å². The van der Waals surface area contributed by atoms with Crippen molar-refractivity contribution >= 4 is 17.5 Å². The molecule has 0 unspecified atom stereocenters. The van der Waals surface area contributed by atoms with Crippen molar-refractivity contribution in [2.45, 2.75) is 26.2 Å². The van der Waals surface area contributed by atoms with E-state index in [4.69, 9.17) is 4.74 Å². The average Bonchev–Trinajstić information content (AvgIpc) is 2.84. The Kier molecular flexibility index (Phi) is 4.93. The summed E-state index contributed by atoms with van der Waals surface area (Å²) >= 11 is 0. The maximum Gasteiger partial charge on any atom is 0.228 e. The normalized spacial score (nSPS) is 21.8. The van der Waals surface area contributed by atoms with Crippen molar-refractivity contribution in [3.05, 3.63) is 51.6 Å². The van der Waals surface area contributed by atoms with Gasteiger partial charge in [-0.15, -0.1) is 0 Å². The number of aromatic hydroxyl groups is 2. The Bertz CT molecular complexity index is 1210. The molecule has 1 aliphatic heterocycles. The Balaban J connectivity index is 1.62. The summed E-state index contributed by atoms with van der Waals surface area (Å²) in [4.78, 5) is 41.9. The van der Waals surface area contributed by atoms with E-state index in [-0.39, 0.29) is 51.8 Å². The molecule has 172 valence electrons. The van der Waals surface area contributed by atoms with E-state index in [1.54, 1.807) is 12.1 Å². The summed E-state index contributed by atoms with van der Waals surface area (Å²) in [6.07, 6.45) is 0.970. The molecular formula is C25H26N2O6. The molecule has 1 amide bonds. The zero-order chi connectivity index (χ0) is 23.5. The lowest BCUT2D eigenvalue weighted by Crippen LogP contribution is -2.52. The number of methoxy groups -OCH3 is 1. The lowest BCUT2D eigenvalue weighted by Gasteiger charge is -2.40. The van der Waals surface area contributed by atoms with Gasteiger partial charge >= 0.3 is 0 Å². The third kappa shape index (κ3) is 3.04. The van der Waals surface area contributed by atoms with Gasteiger partial charge in [0.15, 0.2) is 5.78 Å². The topological polar surface area (TPSA) is 116 Å². The van der Waals surface area contributed by atoms with Crippen LogP contribution in [0.5, 0.6) is 17.2 Å². The van der Waals surface area contributed by atoms with Crippen LogP contribution in [0.4, 0.5) is 0 Å². The Morgan fingerprint density at radius 2 is 1.70 bits per heavy atom. The number of benzene rings is 2. The number of ketones is 2. The van der Waals surface area contributed by atoms with Gasteiger partial charge in [-0.2, -0.15) is 0 Å². The second kappa shape index (κ2) is 7.59. The Labute approximate surface area is 191 Å². The number of rotatable bonds is 2. The zero-order valence-corrected chi connectivity index (χ0v) is 18.7. The highest BCUT2D eigenvalue weighted by atomic mass is 16.5. The molecule has 0 spiro atoms. The predicted octanol–water partition coefficient (Wildman–Crippen LogP) is 1.81. The van der Waals surface area contributed by atoms with Crippen LogP contribution < -0.4 is 10.1 Å². The highest BCUT2D eigenvalue weighted by Crippen LogP contribution is 2.50. The molecule has 2 aromatic rings. The number of nitrogens with zero attached hydrogens (tertiary/aromatic N) is 1. The number of ether oxygens (including phenoxy) is 1. The SMILES string of the molecule is COc1cccc2c1C(=O)c1c(O)c3c(c(O)c1C2=O)C[C@@](C)(C(=O)N1CCNCC1)CC3. The van der Waals surface area contributed by atoms with Gasteiger partial charge in [0.05, 0.1) is 29.2 Å². The largest absolute Gasteiger partial charge is 0.507 e. The van der Waals surface area contributed by atoms with Crippen molar-refractivity contribution in [1.29, 1.82) is 0 Å². The first-order valence-corrected chi connectivity index (χ1v) is 11.1. The summed E-state index contributed by atoms with van der Waals surface area (Å²) in [6, 6.07) is 4.69.